The zero-order valence-corrected chi connectivity index (χ0v) is 15.6. The summed E-state index contributed by atoms with van der Waals surface area (Å²) < 4.78 is 14.6. The van der Waals surface area contributed by atoms with Gasteiger partial charge in [-0.25, -0.2) is 9.59 Å². The van der Waals surface area contributed by atoms with Gasteiger partial charge in [0.1, 0.15) is 5.75 Å². The molecule has 0 saturated carbocycles. The number of esters is 2. The molecular weight excluding hydrogens is 362 g/mol. The van der Waals surface area contributed by atoms with Crippen LogP contribution >= 0.6 is 0 Å². The van der Waals surface area contributed by atoms with Crippen molar-refractivity contribution in [3.05, 3.63) is 71.3 Å². The van der Waals surface area contributed by atoms with Crippen LogP contribution < -0.4 is 10.1 Å². The van der Waals surface area contributed by atoms with Crippen LogP contribution in [-0.2, 0) is 25.6 Å². The highest BCUT2D eigenvalue weighted by molar-refractivity contribution is 5.91. The second kappa shape index (κ2) is 10.5. The van der Waals surface area contributed by atoms with Crippen LogP contribution in [-0.4, -0.2) is 38.7 Å². The molecule has 0 fully saturated rings. The van der Waals surface area contributed by atoms with Gasteiger partial charge in [0, 0.05) is 12.6 Å². The molecule has 0 atom stereocenters. The first-order valence-corrected chi connectivity index (χ1v) is 8.44. The summed E-state index contributed by atoms with van der Waals surface area (Å²) in [4.78, 5) is 34.8. The molecule has 0 aliphatic heterocycles. The quantitative estimate of drug-likeness (QED) is 0.556. The number of methoxy groups -OCH3 is 2. The van der Waals surface area contributed by atoms with E-state index in [1.807, 2.05) is 12.1 Å². The van der Waals surface area contributed by atoms with E-state index in [0.29, 0.717) is 17.7 Å². The van der Waals surface area contributed by atoms with Gasteiger partial charge in [0.2, 0.25) is 0 Å². The van der Waals surface area contributed by atoms with E-state index in [2.05, 4.69) is 10.1 Å². The van der Waals surface area contributed by atoms with Crippen LogP contribution in [0.5, 0.6) is 5.75 Å². The Morgan fingerprint density at radius 3 is 2.25 bits per heavy atom. The summed E-state index contributed by atoms with van der Waals surface area (Å²) in [5.74, 6) is -0.747. The van der Waals surface area contributed by atoms with Crippen LogP contribution in [0.2, 0.25) is 0 Å². The maximum absolute atomic E-state index is 11.8. The van der Waals surface area contributed by atoms with Crippen molar-refractivity contribution in [3.63, 3.8) is 0 Å². The summed E-state index contributed by atoms with van der Waals surface area (Å²) in [6, 6.07) is 13.8. The molecule has 28 heavy (non-hydrogen) atoms. The summed E-state index contributed by atoms with van der Waals surface area (Å²) in [7, 11) is 2.89. The van der Waals surface area contributed by atoms with E-state index in [-0.39, 0.29) is 6.61 Å². The fourth-order valence-electron chi connectivity index (χ4n) is 2.19. The first-order valence-electron chi connectivity index (χ1n) is 8.44. The van der Waals surface area contributed by atoms with Gasteiger partial charge in [-0.15, -0.1) is 0 Å². The summed E-state index contributed by atoms with van der Waals surface area (Å²) in [5.41, 5.74) is 2.01. The molecule has 1 N–H and O–H groups in total. The molecule has 0 aromatic heterocycles. The van der Waals surface area contributed by atoms with Gasteiger partial charge in [0.05, 0.1) is 19.8 Å². The normalized spacial score (nSPS) is 10.4. The summed E-state index contributed by atoms with van der Waals surface area (Å²) >= 11 is 0. The lowest BCUT2D eigenvalue weighted by Crippen LogP contribution is -2.28. The standard InChI is InChI=1S/C21H21NO6/c1-26-18-10-5-16(6-11-18)13-22-19(23)14-28-20(24)12-7-15-3-8-17(9-4-15)21(25)27-2/h3-12H,13-14H2,1-2H3,(H,22,23)/b12-7+. The van der Waals surface area contributed by atoms with E-state index in [1.54, 1.807) is 43.5 Å². The van der Waals surface area contributed by atoms with Crippen molar-refractivity contribution in [2.24, 2.45) is 0 Å². The monoisotopic (exact) mass is 383 g/mol. The fourth-order valence-corrected chi connectivity index (χ4v) is 2.19. The minimum atomic E-state index is -0.642. The zero-order chi connectivity index (χ0) is 20.4. The largest absolute Gasteiger partial charge is 0.497 e. The van der Waals surface area contributed by atoms with E-state index in [4.69, 9.17) is 9.47 Å². The molecule has 0 heterocycles. The van der Waals surface area contributed by atoms with E-state index in [1.165, 1.54) is 19.3 Å². The van der Waals surface area contributed by atoms with Crippen molar-refractivity contribution in [2.45, 2.75) is 6.54 Å². The Morgan fingerprint density at radius 2 is 1.64 bits per heavy atom. The Labute approximate surface area is 162 Å². The SMILES string of the molecule is COC(=O)c1ccc(/C=C/C(=O)OCC(=O)NCc2ccc(OC)cc2)cc1. The van der Waals surface area contributed by atoms with Gasteiger partial charge in [-0.3, -0.25) is 4.79 Å². The van der Waals surface area contributed by atoms with Crippen LogP contribution in [0.15, 0.2) is 54.6 Å². The van der Waals surface area contributed by atoms with Crippen molar-refractivity contribution < 1.29 is 28.6 Å². The van der Waals surface area contributed by atoms with Crippen molar-refractivity contribution in [2.75, 3.05) is 20.8 Å². The molecule has 146 valence electrons. The predicted molar refractivity (Wildman–Crippen MR) is 103 cm³/mol. The second-order valence-corrected chi connectivity index (χ2v) is 5.68. The lowest BCUT2D eigenvalue weighted by molar-refractivity contribution is -0.143. The lowest BCUT2D eigenvalue weighted by atomic mass is 10.1. The molecular formula is C21H21NO6. The second-order valence-electron chi connectivity index (χ2n) is 5.68. The molecule has 2 aromatic rings. The molecule has 2 aromatic carbocycles. The van der Waals surface area contributed by atoms with Crippen molar-refractivity contribution in [1.82, 2.24) is 5.32 Å². The minimum absolute atomic E-state index is 0.322. The molecule has 0 aliphatic rings. The molecule has 0 radical (unpaired) electrons. The van der Waals surface area contributed by atoms with E-state index >= 15 is 0 Å². The molecule has 0 saturated heterocycles. The average molecular weight is 383 g/mol. The molecule has 2 rings (SSSR count). The molecule has 1 amide bonds. The zero-order valence-electron chi connectivity index (χ0n) is 15.6. The molecule has 0 unspecified atom stereocenters. The number of ether oxygens (including phenoxy) is 3. The molecule has 0 aliphatic carbocycles. The highest BCUT2D eigenvalue weighted by atomic mass is 16.5. The summed E-state index contributed by atoms with van der Waals surface area (Å²) in [6.07, 6.45) is 2.74. The summed E-state index contributed by atoms with van der Waals surface area (Å²) in [6.45, 7) is -0.0522. The van der Waals surface area contributed by atoms with Gasteiger partial charge in [0.25, 0.3) is 5.91 Å². The number of benzene rings is 2. The maximum Gasteiger partial charge on any atom is 0.337 e. The number of amides is 1. The van der Waals surface area contributed by atoms with Gasteiger partial charge in [-0.05, 0) is 41.5 Å². The predicted octanol–water partition coefficient (Wildman–Crippen LogP) is 2.35. The molecule has 0 spiro atoms. The van der Waals surface area contributed by atoms with E-state index in [9.17, 15) is 14.4 Å². The first-order chi connectivity index (χ1) is 13.5. The number of carbonyl (C=O) groups excluding carboxylic acids is 3. The van der Waals surface area contributed by atoms with E-state index in [0.717, 1.165) is 11.3 Å². The van der Waals surface area contributed by atoms with Gasteiger partial charge in [-0.2, -0.15) is 0 Å². The molecule has 7 nitrogen and oxygen atoms in total. The van der Waals surface area contributed by atoms with Gasteiger partial charge in [0.15, 0.2) is 6.61 Å². The highest BCUT2D eigenvalue weighted by Gasteiger charge is 2.06. The molecule has 7 heteroatoms. The van der Waals surface area contributed by atoms with Crippen LogP contribution in [0, 0.1) is 0 Å². The Morgan fingerprint density at radius 1 is 0.964 bits per heavy atom. The molecule has 0 bridgehead atoms. The van der Waals surface area contributed by atoms with Gasteiger partial charge < -0.3 is 19.5 Å². The smallest absolute Gasteiger partial charge is 0.337 e. The van der Waals surface area contributed by atoms with Crippen molar-refractivity contribution >= 4 is 23.9 Å². The van der Waals surface area contributed by atoms with Crippen LogP contribution in [0.4, 0.5) is 0 Å². The van der Waals surface area contributed by atoms with Gasteiger partial charge >= 0.3 is 11.9 Å². The number of hydrogen-bond donors (Lipinski definition) is 1. The first kappa shape index (κ1) is 20.7. The minimum Gasteiger partial charge on any atom is -0.497 e. The Balaban J connectivity index is 1.74. The third kappa shape index (κ3) is 6.60. The van der Waals surface area contributed by atoms with Crippen LogP contribution in [0.25, 0.3) is 6.08 Å². The highest BCUT2D eigenvalue weighted by Crippen LogP contribution is 2.11. The number of carbonyl (C=O) groups is 3. The Hall–Kier alpha value is -3.61. The average Bonchev–Trinajstić information content (AvgIpc) is 2.74. The topological polar surface area (TPSA) is 90.9 Å². The number of hydrogen-bond acceptors (Lipinski definition) is 6. The third-order valence-electron chi connectivity index (χ3n) is 3.74. The van der Waals surface area contributed by atoms with Crippen molar-refractivity contribution in [3.8, 4) is 5.75 Å². The fraction of sp³-hybridized carbons (Fsp3) is 0.190. The number of nitrogens with one attached hydrogen (secondary N) is 1. The maximum atomic E-state index is 11.8. The lowest BCUT2D eigenvalue weighted by Gasteiger charge is -2.06. The number of rotatable bonds is 8. The van der Waals surface area contributed by atoms with Crippen LogP contribution in [0.3, 0.4) is 0 Å². The van der Waals surface area contributed by atoms with E-state index < -0.39 is 17.8 Å². The summed E-state index contributed by atoms with van der Waals surface area (Å²) in [5, 5.41) is 2.66. The van der Waals surface area contributed by atoms with Gasteiger partial charge in [-0.1, -0.05) is 24.3 Å². The van der Waals surface area contributed by atoms with Crippen molar-refractivity contribution in [1.29, 1.82) is 0 Å². The van der Waals surface area contributed by atoms with Crippen LogP contribution in [0.1, 0.15) is 21.5 Å². The third-order valence-corrected chi connectivity index (χ3v) is 3.74. The Bertz CT molecular complexity index is 840. The Kier molecular flexibility index (Phi) is 7.77.